The lowest BCUT2D eigenvalue weighted by molar-refractivity contribution is -0.119. The molecule has 1 amide bonds. The first-order chi connectivity index (χ1) is 9.82. The fourth-order valence-corrected chi connectivity index (χ4v) is 6.88. The molecule has 0 atom stereocenters. The Morgan fingerprint density at radius 3 is 2.52 bits per heavy atom. The van der Waals surface area contributed by atoms with E-state index in [1.807, 2.05) is 0 Å². The zero-order valence-corrected chi connectivity index (χ0v) is 15.0. The van der Waals surface area contributed by atoms with Crippen LogP contribution in [0.25, 0.3) is 0 Å². The number of carbonyl (C=O) groups excluding carboxylic acids is 1. The van der Waals surface area contributed by atoms with Crippen molar-refractivity contribution in [1.82, 2.24) is 9.62 Å². The van der Waals surface area contributed by atoms with Gasteiger partial charge in [0.15, 0.2) is 0 Å². The molecule has 2 aliphatic heterocycles. The molecule has 21 heavy (non-hydrogen) atoms. The minimum atomic E-state index is -3.49. The van der Waals surface area contributed by atoms with Crippen LogP contribution in [0.4, 0.5) is 0 Å². The van der Waals surface area contributed by atoms with E-state index in [-0.39, 0.29) is 15.5 Å². The average molecular weight is 414 g/mol. The van der Waals surface area contributed by atoms with Gasteiger partial charge in [-0.15, -0.1) is 11.3 Å². The molecule has 1 spiro atoms. The van der Waals surface area contributed by atoms with Gasteiger partial charge in [-0.05, 0) is 40.3 Å². The van der Waals surface area contributed by atoms with Crippen LogP contribution in [0.2, 0.25) is 5.02 Å². The molecule has 9 heteroatoms. The molecule has 0 saturated carbocycles. The fraction of sp³-hybridized carbons (Fsp3) is 0.583. The van der Waals surface area contributed by atoms with Gasteiger partial charge in [-0.1, -0.05) is 11.6 Å². The normalized spacial score (nSPS) is 22.7. The summed E-state index contributed by atoms with van der Waals surface area (Å²) in [4.78, 5) is 11.4. The van der Waals surface area contributed by atoms with Gasteiger partial charge in [-0.3, -0.25) is 4.79 Å². The summed E-state index contributed by atoms with van der Waals surface area (Å²) in [6.07, 6.45) is 1.94. The average Bonchev–Trinajstić information content (AvgIpc) is 2.95. The number of nitrogens with zero attached hydrogens (tertiary/aromatic N) is 1. The van der Waals surface area contributed by atoms with Gasteiger partial charge in [0, 0.05) is 26.1 Å². The van der Waals surface area contributed by atoms with Crippen molar-refractivity contribution in [1.29, 1.82) is 0 Å². The van der Waals surface area contributed by atoms with E-state index in [1.54, 1.807) is 0 Å². The standard InChI is InChI=1S/C12H14BrClN2O3S2/c13-11-8(14)5-10(20-11)21(18,19)16-3-1-12(2-4-16)6-9(17)15-7-12/h5H,1-4,6-7H2,(H,15,17). The van der Waals surface area contributed by atoms with E-state index < -0.39 is 10.0 Å². The molecule has 0 bridgehead atoms. The Morgan fingerprint density at radius 2 is 2.05 bits per heavy atom. The van der Waals surface area contributed by atoms with Gasteiger partial charge in [0.2, 0.25) is 5.91 Å². The van der Waals surface area contributed by atoms with Crippen LogP contribution in [-0.4, -0.2) is 38.3 Å². The predicted octanol–water partition coefficient (Wildman–Crippen LogP) is 2.45. The monoisotopic (exact) mass is 412 g/mol. The molecule has 0 radical (unpaired) electrons. The molecule has 0 aromatic carbocycles. The number of rotatable bonds is 2. The van der Waals surface area contributed by atoms with Gasteiger partial charge in [0.25, 0.3) is 10.0 Å². The summed E-state index contributed by atoms with van der Waals surface area (Å²) in [7, 11) is -3.49. The molecule has 2 aliphatic rings. The maximum absolute atomic E-state index is 12.6. The Kier molecular flexibility index (Phi) is 4.11. The van der Waals surface area contributed by atoms with E-state index >= 15 is 0 Å². The van der Waals surface area contributed by atoms with Crippen LogP contribution in [0.15, 0.2) is 14.1 Å². The Labute approximate surface area is 140 Å². The quantitative estimate of drug-likeness (QED) is 0.810. The van der Waals surface area contributed by atoms with Crippen molar-refractivity contribution < 1.29 is 13.2 Å². The van der Waals surface area contributed by atoms with Crippen molar-refractivity contribution in [2.45, 2.75) is 23.5 Å². The summed E-state index contributed by atoms with van der Waals surface area (Å²) < 4.78 is 27.6. The highest BCUT2D eigenvalue weighted by Crippen LogP contribution is 2.41. The van der Waals surface area contributed by atoms with Crippen LogP contribution in [0.3, 0.4) is 0 Å². The molecule has 3 heterocycles. The van der Waals surface area contributed by atoms with E-state index in [4.69, 9.17) is 11.6 Å². The molecular weight excluding hydrogens is 400 g/mol. The maximum Gasteiger partial charge on any atom is 0.252 e. The second kappa shape index (κ2) is 5.49. The first-order valence-corrected chi connectivity index (χ1v) is 9.97. The third-order valence-corrected chi connectivity index (χ3v) is 9.02. The number of halogens is 2. The SMILES string of the molecule is O=C1CC2(CCN(S(=O)(=O)c3cc(Cl)c(Br)s3)CC2)CN1. The summed E-state index contributed by atoms with van der Waals surface area (Å²) in [5, 5.41) is 3.26. The maximum atomic E-state index is 12.6. The molecule has 0 aliphatic carbocycles. The molecule has 1 N–H and O–H groups in total. The van der Waals surface area contributed by atoms with Crippen LogP contribution < -0.4 is 5.32 Å². The third kappa shape index (κ3) is 2.88. The van der Waals surface area contributed by atoms with Crippen molar-refractivity contribution in [2.75, 3.05) is 19.6 Å². The number of sulfonamides is 1. The summed E-state index contributed by atoms with van der Waals surface area (Å²) in [5.74, 6) is 0.0697. The minimum absolute atomic E-state index is 0.0587. The Hall–Kier alpha value is -0.150. The van der Waals surface area contributed by atoms with Gasteiger partial charge < -0.3 is 5.32 Å². The molecule has 1 aromatic heterocycles. The molecule has 116 valence electrons. The predicted molar refractivity (Wildman–Crippen MR) is 85.1 cm³/mol. The lowest BCUT2D eigenvalue weighted by atomic mass is 9.78. The van der Waals surface area contributed by atoms with Crippen LogP contribution in [0, 0.1) is 5.41 Å². The number of amides is 1. The number of hydrogen-bond donors (Lipinski definition) is 1. The molecule has 5 nitrogen and oxygen atoms in total. The van der Waals surface area contributed by atoms with Gasteiger partial charge in [0.1, 0.15) is 4.21 Å². The van der Waals surface area contributed by atoms with Crippen LogP contribution in [0.5, 0.6) is 0 Å². The van der Waals surface area contributed by atoms with Crippen molar-refractivity contribution in [3.8, 4) is 0 Å². The van der Waals surface area contributed by atoms with E-state index in [0.29, 0.717) is 47.7 Å². The van der Waals surface area contributed by atoms with E-state index in [0.717, 1.165) is 11.3 Å². The molecule has 1 aromatic rings. The highest BCUT2D eigenvalue weighted by atomic mass is 79.9. The van der Waals surface area contributed by atoms with Crippen molar-refractivity contribution in [3.05, 3.63) is 14.9 Å². The van der Waals surface area contributed by atoms with Crippen molar-refractivity contribution >= 4 is 54.8 Å². The lowest BCUT2D eigenvalue weighted by Gasteiger charge is -2.37. The van der Waals surface area contributed by atoms with Crippen LogP contribution in [-0.2, 0) is 14.8 Å². The smallest absolute Gasteiger partial charge is 0.252 e. The second-order valence-corrected chi connectivity index (χ2v) is 10.5. The number of piperidine rings is 1. The molecule has 2 saturated heterocycles. The summed E-state index contributed by atoms with van der Waals surface area (Å²) in [6, 6.07) is 1.48. The van der Waals surface area contributed by atoms with Crippen LogP contribution >= 0.6 is 38.9 Å². The zero-order chi connectivity index (χ0) is 15.3. The third-order valence-electron chi connectivity index (χ3n) is 4.20. The topological polar surface area (TPSA) is 66.5 Å². The first-order valence-electron chi connectivity index (χ1n) is 6.54. The number of hydrogen-bond acceptors (Lipinski definition) is 4. The van der Waals surface area contributed by atoms with Crippen molar-refractivity contribution in [2.24, 2.45) is 5.41 Å². The Bertz CT molecular complexity index is 661. The zero-order valence-electron chi connectivity index (χ0n) is 11.1. The number of thiophene rings is 1. The van der Waals surface area contributed by atoms with Gasteiger partial charge in [0.05, 0.1) is 8.81 Å². The minimum Gasteiger partial charge on any atom is -0.356 e. The molecule has 0 unspecified atom stereocenters. The second-order valence-electron chi connectivity index (χ2n) is 5.54. The molecule has 3 rings (SSSR count). The van der Waals surface area contributed by atoms with E-state index in [2.05, 4.69) is 21.2 Å². The largest absolute Gasteiger partial charge is 0.356 e. The first kappa shape index (κ1) is 15.7. The van der Waals surface area contributed by atoms with Crippen LogP contribution in [0.1, 0.15) is 19.3 Å². The molecule has 2 fully saturated rings. The fourth-order valence-electron chi connectivity index (χ4n) is 2.89. The molecular formula is C12H14BrClN2O3S2. The summed E-state index contributed by atoms with van der Waals surface area (Å²) in [6.45, 7) is 1.56. The summed E-state index contributed by atoms with van der Waals surface area (Å²) in [5.41, 5.74) is -0.0587. The van der Waals surface area contributed by atoms with E-state index in [9.17, 15) is 13.2 Å². The highest BCUT2D eigenvalue weighted by molar-refractivity contribution is 9.11. The lowest BCUT2D eigenvalue weighted by Crippen LogP contribution is -2.43. The highest BCUT2D eigenvalue weighted by Gasteiger charge is 2.43. The van der Waals surface area contributed by atoms with E-state index in [1.165, 1.54) is 10.4 Å². The summed E-state index contributed by atoms with van der Waals surface area (Å²) >= 11 is 10.3. The van der Waals surface area contributed by atoms with Gasteiger partial charge >= 0.3 is 0 Å². The van der Waals surface area contributed by atoms with Gasteiger partial charge in [-0.25, -0.2) is 8.42 Å². The Balaban J connectivity index is 1.75. The van der Waals surface area contributed by atoms with Crippen molar-refractivity contribution in [3.63, 3.8) is 0 Å². The number of carbonyl (C=O) groups is 1. The number of nitrogens with one attached hydrogen (secondary N) is 1. The van der Waals surface area contributed by atoms with Gasteiger partial charge in [-0.2, -0.15) is 4.31 Å². The Morgan fingerprint density at radius 1 is 1.38 bits per heavy atom.